The predicted octanol–water partition coefficient (Wildman–Crippen LogP) is 1.97. The van der Waals surface area contributed by atoms with E-state index in [1.54, 1.807) is 33.2 Å². The predicted molar refractivity (Wildman–Crippen MR) is 71.1 cm³/mol. The Labute approximate surface area is 108 Å². The van der Waals surface area contributed by atoms with Gasteiger partial charge in [0.2, 0.25) is 5.91 Å². The van der Waals surface area contributed by atoms with Gasteiger partial charge in [-0.3, -0.25) is 4.79 Å². The van der Waals surface area contributed by atoms with Crippen molar-refractivity contribution < 1.29 is 14.3 Å². The summed E-state index contributed by atoms with van der Waals surface area (Å²) in [5.41, 5.74) is 1.07. The van der Waals surface area contributed by atoms with Gasteiger partial charge >= 0.3 is 0 Å². The Hall–Kier alpha value is -1.71. The fourth-order valence-electron chi connectivity index (χ4n) is 1.89. The van der Waals surface area contributed by atoms with Gasteiger partial charge in [0.15, 0.2) is 11.5 Å². The molecule has 0 aliphatic carbocycles. The number of amides is 1. The molecule has 0 unspecified atom stereocenters. The second-order valence-corrected chi connectivity index (χ2v) is 4.53. The van der Waals surface area contributed by atoms with Crippen LogP contribution in [0.3, 0.4) is 0 Å². The molecule has 1 atom stereocenters. The maximum absolute atomic E-state index is 11.8. The first-order chi connectivity index (χ1) is 8.49. The van der Waals surface area contributed by atoms with Gasteiger partial charge in [-0.25, -0.2) is 0 Å². The van der Waals surface area contributed by atoms with Crippen molar-refractivity contribution >= 4 is 5.91 Å². The molecule has 0 aromatic heterocycles. The number of hydrogen-bond acceptors (Lipinski definition) is 3. The normalized spacial score (nSPS) is 11.8. The Kier molecular flexibility index (Phi) is 5.01. The van der Waals surface area contributed by atoms with E-state index in [1.807, 2.05) is 25.1 Å². The van der Waals surface area contributed by atoms with E-state index in [2.05, 4.69) is 0 Å². The smallest absolute Gasteiger partial charge is 0.225 e. The third-order valence-corrected chi connectivity index (χ3v) is 2.85. The standard InChI is InChI=1S/C14H21NO3/c1-10(14(16)15(2)3)8-11-6-7-12(17-4)13(9-11)18-5/h6-7,9-10H,8H2,1-5H3/t10-/m0/s1. The zero-order valence-electron chi connectivity index (χ0n) is 11.7. The second-order valence-electron chi connectivity index (χ2n) is 4.53. The van der Waals surface area contributed by atoms with Gasteiger partial charge in [-0.1, -0.05) is 13.0 Å². The number of carbonyl (C=O) groups is 1. The Morgan fingerprint density at radius 3 is 2.33 bits per heavy atom. The van der Waals surface area contributed by atoms with Gasteiger partial charge in [-0.15, -0.1) is 0 Å². The molecule has 0 aliphatic heterocycles. The molecule has 0 N–H and O–H groups in total. The van der Waals surface area contributed by atoms with Crippen molar-refractivity contribution in [3.8, 4) is 11.5 Å². The van der Waals surface area contributed by atoms with E-state index in [1.165, 1.54) is 0 Å². The lowest BCUT2D eigenvalue weighted by Crippen LogP contribution is -2.29. The summed E-state index contributed by atoms with van der Waals surface area (Å²) in [5, 5.41) is 0. The van der Waals surface area contributed by atoms with Crippen molar-refractivity contribution in [2.45, 2.75) is 13.3 Å². The highest BCUT2D eigenvalue weighted by molar-refractivity contribution is 5.78. The molecule has 0 saturated heterocycles. The third kappa shape index (κ3) is 3.39. The summed E-state index contributed by atoms with van der Waals surface area (Å²) in [6, 6.07) is 5.74. The number of carbonyl (C=O) groups excluding carboxylic acids is 1. The summed E-state index contributed by atoms with van der Waals surface area (Å²) >= 11 is 0. The lowest BCUT2D eigenvalue weighted by molar-refractivity contribution is -0.132. The molecule has 0 saturated carbocycles. The molecule has 0 spiro atoms. The zero-order chi connectivity index (χ0) is 13.7. The van der Waals surface area contributed by atoms with Crippen LogP contribution in [-0.2, 0) is 11.2 Å². The average Bonchev–Trinajstić information content (AvgIpc) is 2.37. The van der Waals surface area contributed by atoms with Crippen LogP contribution in [0, 0.1) is 5.92 Å². The number of methoxy groups -OCH3 is 2. The highest BCUT2D eigenvalue weighted by Crippen LogP contribution is 2.28. The number of nitrogens with zero attached hydrogens (tertiary/aromatic N) is 1. The SMILES string of the molecule is COc1ccc(C[C@H](C)C(=O)N(C)C)cc1OC. The van der Waals surface area contributed by atoms with Gasteiger partial charge in [-0.05, 0) is 24.1 Å². The van der Waals surface area contributed by atoms with Crippen LogP contribution in [0.15, 0.2) is 18.2 Å². The van der Waals surface area contributed by atoms with Gasteiger partial charge < -0.3 is 14.4 Å². The lowest BCUT2D eigenvalue weighted by atomic mass is 9.99. The van der Waals surface area contributed by atoms with E-state index >= 15 is 0 Å². The van der Waals surface area contributed by atoms with Crippen molar-refractivity contribution in [3.05, 3.63) is 23.8 Å². The van der Waals surface area contributed by atoms with Gasteiger partial charge in [0.25, 0.3) is 0 Å². The maximum atomic E-state index is 11.8. The summed E-state index contributed by atoms with van der Waals surface area (Å²) in [6.07, 6.45) is 0.692. The van der Waals surface area contributed by atoms with Crippen LogP contribution in [0.1, 0.15) is 12.5 Å². The number of hydrogen-bond donors (Lipinski definition) is 0. The minimum atomic E-state index is -0.0434. The fourth-order valence-corrected chi connectivity index (χ4v) is 1.89. The molecule has 0 heterocycles. The first kappa shape index (κ1) is 14.4. The van der Waals surface area contributed by atoms with E-state index in [9.17, 15) is 4.79 Å². The maximum Gasteiger partial charge on any atom is 0.225 e. The van der Waals surface area contributed by atoms with E-state index in [4.69, 9.17) is 9.47 Å². The number of rotatable bonds is 5. The highest BCUT2D eigenvalue weighted by atomic mass is 16.5. The monoisotopic (exact) mass is 251 g/mol. The van der Waals surface area contributed by atoms with E-state index < -0.39 is 0 Å². The minimum Gasteiger partial charge on any atom is -0.493 e. The van der Waals surface area contributed by atoms with E-state index in [0.717, 1.165) is 5.56 Å². The molecular formula is C14H21NO3. The molecule has 4 heteroatoms. The first-order valence-electron chi connectivity index (χ1n) is 5.91. The van der Waals surface area contributed by atoms with Gasteiger partial charge in [-0.2, -0.15) is 0 Å². The number of benzene rings is 1. The van der Waals surface area contributed by atoms with Gasteiger partial charge in [0.05, 0.1) is 14.2 Å². The van der Waals surface area contributed by atoms with Gasteiger partial charge in [0.1, 0.15) is 0 Å². The summed E-state index contributed by atoms with van der Waals surface area (Å²) in [7, 11) is 6.76. The molecule has 4 nitrogen and oxygen atoms in total. The van der Waals surface area contributed by atoms with Crippen LogP contribution < -0.4 is 9.47 Å². The number of ether oxygens (including phenoxy) is 2. The van der Waals surface area contributed by atoms with Crippen LogP contribution in [0.5, 0.6) is 11.5 Å². The topological polar surface area (TPSA) is 38.8 Å². The molecule has 0 fully saturated rings. The molecule has 1 aromatic carbocycles. The van der Waals surface area contributed by atoms with Crippen molar-refractivity contribution in [1.82, 2.24) is 4.90 Å². The second kappa shape index (κ2) is 6.28. The Morgan fingerprint density at radius 2 is 1.83 bits per heavy atom. The largest absolute Gasteiger partial charge is 0.493 e. The highest BCUT2D eigenvalue weighted by Gasteiger charge is 2.16. The lowest BCUT2D eigenvalue weighted by Gasteiger charge is -2.17. The molecule has 100 valence electrons. The Morgan fingerprint density at radius 1 is 1.22 bits per heavy atom. The molecule has 18 heavy (non-hydrogen) atoms. The summed E-state index contributed by atoms with van der Waals surface area (Å²) in [4.78, 5) is 13.4. The van der Waals surface area contributed by atoms with Crippen molar-refractivity contribution in [3.63, 3.8) is 0 Å². The molecule has 1 aromatic rings. The molecule has 0 bridgehead atoms. The summed E-state index contributed by atoms with van der Waals surface area (Å²) in [6.45, 7) is 1.93. The fraction of sp³-hybridized carbons (Fsp3) is 0.500. The van der Waals surface area contributed by atoms with Crippen LogP contribution in [0.2, 0.25) is 0 Å². The first-order valence-corrected chi connectivity index (χ1v) is 5.91. The minimum absolute atomic E-state index is 0.0434. The van der Waals surface area contributed by atoms with E-state index in [-0.39, 0.29) is 11.8 Å². The van der Waals surface area contributed by atoms with Crippen LogP contribution in [-0.4, -0.2) is 39.1 Å². The summed E-state index contributed by atoms with van der Waals surface area (Å²) in [5.74, 6) is 1.48. The molecule has 0 aliphatic rings. The van der Waals surface area contributed by atoms with Crippen LogP contribution >= 0.6 is 0 Å². The Balaban J connectivity index is 2.82. The zero-order valence-corrected chi connectivity index (χ0v) is 11.7. The molecule has 1 rings (SSSR count). The van der Waals surface area contributed by atoms with Crippen molar-refractivity contribution in [1.29, 1.82) is 0 Å². The van der Waals surface area contributed by atoms with Crippen molar-refractivity contribution in [2.75, 3.05) is 28.3 Å². The van der Waals surface area contributed by atoms with Crippen LogP contribution in [0.4, 0.5) is 0 Å². The van der Waals surface area contributed by atoms with Crippen molar-refractivity contribution in [2.24, 2.45) is 5.92 Å². The summed E-state index contributed by atoms with van der Waals surface area (Å²) < 4.78 is 10.4. The van der Waals surface area contributed by atoms with E-state index in [0.29, 0.717) is 17.9 Å². The molecule has 0 radical (unpaired) electrons. The molecular weight excluding hydrogens is 230 g/mol. The molecule has 1 amide bonds. The van der Waals surface area contributed by atoms with Gasteiger partial charge in [0, 0.05) is 20.0 Å². The third-order valence-electron chi connectivity index (χ3n) is 2.85. The average molecular weight is 251 g/mol. The van der Waals surface area contributed by atoms with Crippen LogP contribution in [0.25, 0.3) is 0 Å². The Bertz CT molecular complexity index is 416. The quantitative estimate of drug-likeness (QED) is 0.803.